The molecule has 2 aliphatic heterocycles. The van der Waals surface area contributed by atoms with Crippen LogP contribution in [0.5, 0.6) is 5.75 Å². The number of pyridine rings is 1. The number of amides is 1. The van der Waals surface area contributed by atoms with Crippen LogP contribution in [0, 0.1) is 0 Å². The number of likely N-dealkylation sites (N-methyl/N-ethyl adjacent to an activating group) is 1. The number of hydrogen-bond acceptors (Lipinski definition) is 4. The van der Waals surface area contributed by atoms with Crippen LogP contribution in [0.3, 0.4) is 0 Å². The van der Waals surface area contributed by atoms with Gasteiger partial charge < -0.3 is 14.5 Å². The number of rotatable bonds is 2. The Hall–Kier alpha value is -1.62. The second-order valence-corrected chi connectivity index (χ2v) is 6.31. The van der Waals surface area contributed by atoms with Gasteiger partial charge in [0.05, 0.1) is 12.8 Å². The van der Waals surface area contributed by atoms with Crippen molar-refractivity contribution >= 4 is 5.91 Å². The first-order valence-corrected chi connectivity index (χ1v) is 8.30. The average molecular weight is 303 g/mol. The van der Waals surface area contributed by atoms with Gasteiger partial charge in [0.25, 0.3) is 5.91 Å². The molecular weight excluding hydrogens is 278 g/mol. The van der Waals surface area contributed by atoms with Crippen LogP contribution in [0.15, 0.2) is 12.3 Å². The molecule has 120 valence electrons. The molecule has 0 aromatic carbocycles. The minimum atomic E-state index is 0.0653. The normalized spacial score (nSPS) is 22.6. The van der Waals surface area contributed by atoms with Crippen molar-refractivity contribution in [3.8, 4) is 5.75 Å². The molecule has 1 amide bonds. The summed E-state index contributed by atoms with van der Waals surface area (Å²) in [7, 11) is 2.13. The van der Waals surface area contributed by atoms with Crippen LogP contribution in [0.4, 0.5) is 0 Å². The zero-order valence-electron chi connectivity index (χ0n) is 13.5. The molecule has 3 rings (SSSR count). The molecule has 0 N–H and O–H groups in total. The van der Waals surface area contributed by atoms with Gasteiger partial charge in [-0.05, 0) is 50.9 Å². The molecule has 3 heterocycles. The van der Waals surface area contributed by atoms with Crippen molar-refractivity contribution in [1.82, 2.24) is 14.8 Å². The molecule has 1 fully saturated rings. The second kappa shape index (κ2) is 6.65. The van der Waals surface area contributed by atoms with Gasteiger partial charge in [-0.15, -0.1) is 0 Å². The van der Waals surface area contributed by atoms with Gasteiger partial charge in [-0.2, -0.15) is 0 Å². The molecule has 5 heteroatoms. The van der Waals surface area contributed by atoms with E-state index in [2.05, 4.69) is 23.9 Å². The molecule has 5 nitrogen and oxygen atoms in total. The highest BCUT2D eigenvalue weighted by Gasteiger charge is 2.28. The second-order valence-electron chi connectivity index (χ2n) is 6.31. The zero-order chi connectivity index (χ0) is 15.5. The highest BCUT2D eigenvalue weighted by Crippen LogP contribution is 2.25. The van der Waals surface area contributed by atoms with Gasteiger partial charge in [0.2, 0.25) is 0 Å². The Bertz CT molecular complexity index is 547. The van der Waals surface area contributed by atoms with Gasteiger partial charge in [-0.1, -0.05) is 6.92 Å². The number of hydrogen-bond donors (Lipinski definition) is 0. The van der Waals surface area contributed by atoms with Crippen molar-refractivity contribution in [2.24, 2.45) is 0 Å². The maximum atomic E-state index is 12.9. The molecule has 1 aromatic rings. The minimum absolute atomic E-state index is 0.0653. The fourth-order valence-electron chi connectivity index (χ4n) is 3.38. The van der Waals surface area contributed by atoms with Gasteiger partial charge in [-0.3, -0.25) is 4.79 Å². The third kappa shape index (κ3) is 3.09. The molecule has 1 saturated heterocycles. The fourth-order valence-corrected chi connectivity index (χ4v) is 3.38. The lowest BCUT2D eigenvalue weighted by molar-refractivity contribution is 0.0669. The number of carbonyl (C=O) groups excluding carboxylic acids is 1. The van der Waals surface area contributed by atoms with Gasteiger partial charge in [-0.25, -0.2) is 4.98 Å². The van der Waals surface area contributed by atoms with Crippen molar-refractivity contribution in [2.45, 2.75) is 38.6 Å². The predicted molar refractivity (Wildman–Crippen MR) is 85.3 cm³/mol. The highest BCUT2D eigenvalue weighted by molar-refractivity contribution is 5.93. The first-order chi connectivity index (χ1) is 10.7. The third-order valence-corrected chi connectivity index (χ3v) is 4.65. The van der Waals surface area contributed by atoms with Crippen molar-refractivity contribution in [3.63, 3.8) is 0 Å². The summed E-state index contributed by atoms with van der Waals surface area (Å²) in [5, 5.41) is 0. The van der Waals surface area contributed by atoms with E-state index in [9.17, 15) is 4.79 Å². The molecule has 1 aromatic heterocycles. The van der Waals surface area contributed by atoms with Crippen molar-refractivity contribution in [1.29, 1.82) is 0 Å². The van der Waals surface area contributed by atoms with Crippen LogP contribution >= 0.6 is 0 Å². The summed E-state index contributed by atoms with van der Waals surface area (Å²) in [5.41, 5.74) is 1.68. The summed E-state index contributed by atoms with van der Waals surface area (Å²) in [4.78, 5) is 21.6. The topological polar surface area (TPSA) is 45.7 Å². The van der Waals surface area contributed by atoms with E-state index in [1.165, 1.54) is 0 Å². The predicted octanol–water partition coefficient (Wildman–Crippen LogP) is 1.96. The molecule has 0 spiro atoms. The van der Waals surface area contributed by atoms with Crippen LogP contribution < -0.4 is 4.74 Å². The van der Waals surface area contributed by atoms with E-state index in [1.54, 1.807) is 6.20 Å². The van der Waals surface area contributed by atoms with E-state index in [1.807, 2.05) is 11.0 Å². The minimum Gasteiger partial charge on any atom is -0.492 e. The Morgan fingerprint density at radius 2 is 2.27 bits per heavy atom. The van der Waals surface area contributed by atoms with Gasteiger partial charge in [0.15, 0.2) is 0 Å². The number of nitrogens with zero attached hydrogens (tertiary/aromatic N) is 3. The van der Waals surface area contributed by atoms with Crippen LogP contribution in [0.1, 0.15) is 42.2 Å². The van der Waals surface area contributed by atoms with E-state index in [4.69, 9.17) is 4.74 Å². The van der Waals surface area contributed by atoms with Gasteiger partial charge >= 0.3 is 0 Å². The lowest BCUT2D eigenvalue weighted by Crippen LogP contribution is -2.43. The highest BCUT2D eigenvalue weighted by atomic mass is 16.5. The SMILES string of the molecule is CC[C@H]1CN(C)CCCN1C(=O)c1cc2c(cn1)OCCC2. The monoisotopic (exact) mass is 303 g/mol. The van der Waals surface area contributed by atoms with Crippen molar-refractivity contribution < 1.29 is 9.53 Å². The Balaban J connectivity index is 1.82. The molecule has 0 radical (unpaired) electrons. The summed E-state index contributed by atoms with van der Waals surface area (Å²) < 4.78 is 5.59. The maximum absolute atomic E-state index is 12.9. The summed E-state index contributed by atoms with van der Waals surface area (Å²) in [6, 6.07) is 2.20. The number of fused-ring (bicyclic) bond motifs is 1. The summed E-state index contributed by atoms with van der Waals surface area (Å²) >= 11 is 0. The Labute approximate surface area is 132 Å². The average Bonchev–Trinajstić information content (AvgIpc) is 2.74. The Morgan fingerprint density at radius 1 is 1.41 bits per heavy atom. The molecule has 1 atom stereocenters. The third-order valence-electron chi connectivity index (χ3n) is 4.65. The largest absolute Gasteiger partial charge is 0.492 e. The smallest absolute Gasteiger partial charge is 0.272 e. The lowest BCUT2D eigenvalue weighted by atomic mass is 10.1. The Kier molecular flexibility index (Phi) is 4.62. The van der Waals surface area contributed by atoms with E-state index < -0.39 is 0 Å². The zero-order valence-corrected chi connectivity index (χ0v) is 13.5. The standard InChI is InChI=1S/C17H25N3O2/c1-3-14-12-19(2)7-5-8-20(14)17(21)15-10-13-6-4-9-22-16(13)11-18-15/h10-11,14H,3-9,12H2,1-2H3/t14-/m0/s1. The molecule has 0 bridgehead atoms. The molecule has 0 saturated carbocycles. The molecular formula is C17H25N3O2. The quantitative estimate of drug-likeness (QED) is 0.838. The number of ether oxygens (including phenoxy) is 1. The van der Waals surface area contributed by atoms with E-state index in [-0.39, 0.29) is 11.9 Å². The number of aromatic nitrogens is 1. The van der Waals surface area contributed by atoms with E-state index >= 15 is 0 Å². The van der Waals surface area contributed by atoms with Crippen LogP contribution in [-0.4, -0.2) is 60.0 Å². The van der Waals surface area contributed by atoms with Gasteiger partial charge in [0, 0.05) is 19.1 Å². The fraction of sp³-hybridized carbons (Fsp3) is 0.647. The maximum Gasteiger partial charge on any atom is 0.272 e. The summed E-state index contributed by atoms with van der Waals surface area (Å²) in [6.07, 6.45) is 5.69. The van der Waals surface area contributed by atoms with E-state index in [0.29, 0.717) is 5.69 Å². The van der Waals surface area contributed by atoms with Crippen molar-refractivity contribution in [2.75, 3.05) is 33.3 Å². The van der Waals surface area contributed by atoms with Crippen molar-refractivity contribution in [3.05, 3.63) is 23.5 Å². The van der Waals surface area contributed by atoms with Crippen LogP contribution in [-0.2, 0) is 6.42 Å². The number of carbonyl (C=O) groups is 1. The molecule has 2 aliphatic rings. The molecule has 0 aliphatic carbocycles. The first kappa shape index (κ1) is 15.3. The molecule has 22 heavy (non-hydrogen) atoms. The first-order valence-electron chi connectivity index (χ1n) is 8.30. The lowest BCUT2D eigenvalue weighted by Gasteiger charge is -2.30. The summed E-state index contributed by atoms with van der Waals surface area (Å²) in [5.74, 6) is 0.904. The van der Waals surface area contributed by atoms with Crippen LogP contribution in [0.2, 0.25) is 0 Å². The number of aryl methyl sites for hydroxylation is 1. The van der Waals surface area contributed by atoms with E-state index in [0.717, 1.165) is 63.2 Å². The summed E-state index contributed by atoms with van der Waals surface area (Å²) in [6.45, 7) is 5.70. The van der Waals surface area contributed by atoms with Gasteiger partial charge in [0.1, 0.15) is 11.4 Å². The van der Waals surface area contributed by atoms with Crippen LogP contribution in [0.25, 0.3) is 0 Å². The molecule has 0 unspecified atom stereocenters. The Morgan fingerprint density at radius 3 is 3.09 bits per heavy atom.